The Balaban J connectivity index is 3.14. The predicted octanol–water partition coefficient (Wildman–Crippen LogP) is 1.15. The number of hydrogen-bond donors (Lipinski definition) is 2. The van der Waals surface area contributed by atoms with Crippen molar-refractivity contribution in [1.82, 2.24) is 4.98 Å². The number of aromatic nitrogens is 1. The van der Waals surface area contributed by atoms with Gasteiger partial charge in [-0.3, -0.25) is 9.59 Å². The second kappa shape index (κ2) is 4.74. The van der Waals surface area contributed by atoms with Gasteiger partial charge in [-0.05, 0) is 25.5 Å². The van der Waals surface area contributed by atoms with Crippen LogP contribution in [-0.2, 0) is 4.79 Å². The summed E-state index contributed by atoms with van der Waals surface area (Å²) in [5.74, 6) is -0.301. The van der Waals surface area contributed by atoms with Gasteiger partial charge < -0.3 is 11.1 Å². The van der Waals surface area contributed by atoms with Crippen LogP contribution in [0, 0.1) is 13.8 Å². The van der Waals surface area contributed by atoms with E-state index in [1.54, 1.807) is 20.8 Å². The van der Waals surface area contributed by atoms with Gasteiger partial charge >= 0.3 is 0 Å². The highest BCUT2D eigenvalue weighted by atomic mass is 16.2. The van der Waals surface area contributed by atoms with Crippen LogP contribution in [0.5, 0.6) is 0 Å². The molecule has 0 aromatic carbocycles. The monoisotopic (exact) mass is 221 g/mol. The molecule has 1 heterocycles. The molecule has 3 N–H and O–H groups in total. The normalized spacial score (nSPS) is 9.94. The summed E-state index contributed by atoms with van der Waals surface area (Å²) in [6.07, 6.45) is 0.362. The highest BCUT2D eigenvalue weighted by Gasteiger charge is 2.11. The number of carbonyl (C=O) groups is 2. The molecular weight excluding hydrogens is 206 g/mol. The van der Waals surface area contributed by atoms with E-state index in [0.717, 1.165) is 5.56 Å². The third-order valence-corrected chi connectivity index (χ3v) is 2.37. The van der Waals surface area contributed by atoms with Crippen molar-refractivity contribution in [2.75, 3.05) is 5.32 Å². The summed E-state index contributed by atoms with van der Waals surface area (Å²) in [6, 6.07) is 1.50. The van der Waals surface area contributed by atoms with Gasteiger partial charge in [0.25, 0.3) is 0 Å². The minimum Gasteiger partial charge on any atom is -0.366 e. The first-order chi connectivity index (χ1) is 7.45. The molecule has 0 aliphatic rings. The van der Waals surface area contributed by atoms with E-state index in [4.69, 9.17) is 5.73 Å². The standard InChI is InChI=1S/C11H15N3O2/c1-4-10(15)14-9-5-8(11(12)16)6(2)7(3)13-9/h5H,4H2,1-3H3,(H2,12,16)(H,13,14,15). The molecule has 0 aliphatic heterocycles. The molecule has 16 heavy (non-hydrogen) atoms. The molecule has 1 rings (SSSR count). The number of nitrogens with two attached hydrogens (primary N) is 1. The minimum absolute atomic E-state index is 0.147. The van der Waals surface area contributed by atoms with Crippen molar-refractivity contribution >= 4 is 17.6 Å². The van der Waals surface area contributed by atoms with Crippen molar-refractivity contribution in [3.63, 3.8) is 0 Å². The second-order valence-corrected chi connectivity index (χ2v) is 3.53. The van der Waals surface area contributed by atoms with Gasteiger partial charge in [0, 0.05) is 17.7 Å². The van der Waals surface area contributed by atoms with Gasteiger partial charge in [0.1, 0.15) is 5.82 Å². The molecule has 5 heteroatoms. The molecule has 0 radical (unpaired) electrons. The molecule has 1 aromatic rings. The van der Waals surface area contributed by atoms with E-state index in [-0.39, 0.29) is 5.91 Å². The number of aryl methyl sites for hydroxylation is 1. The van der Waals surface area contributed by atoms with Gasteiger partial charge in [-0.2, -0.15) is 0 Å². The fourth-order valence-electron chi connectivity index (χ4n) is 1.29. The highest BCUT2D eigenvalue weighted by molar-refractivity contribution is 5.96. The summed E-state index contributed by atoms with van der Waals surface area (Å²) in [6.45, 7) is 5.28. The van der Waals surface area contributed by atoms with Crippen LogP contribution in [0.3, 0.4) is 0 Å². The van der Waals surface area contributed by atoms with Crippen LogP contribution in [0.2, 0.25) is 0 Å². The molecule has 86 valence electrons. The zero-order valence-electron chi connectivity index (χ0n) is 9.63. The quantitative estimate of drug-likeness (QED) is 0.802. The van der Waals surface area contributed by atoms with E-state index >= 15 is 0 Å². The first-order valence-corrected chi connectivity index (χ1v) is 5.03. The zero-order chi connectivity index (χ0) is 12.3. The maximum atomic E-state index is 11.2. The first-order valence-electron chi connectivity index (χ1n) is 5.03. The Hall–Kier alpha value is -1.91. The van der Waals surface area contributed by atoms with Crippen LogP contribution in [0.15, 0.2) is 6.07 Å². The van der Waals surface area contributed by atoms with Crippen LogP contribution in [0.25, 0.3) is 0 Å². The average molecular weight is 221 g/mol. The lowest BCUT2D eigenvalue weighted by molar-refractivity contribution is -0.115. The molecule has 0 atom stereocenters. The first kappa shape index (κ1) is 12.2. The number of nitrogens with one attached hydrogen (secondary N) is 1. The summed E-state index contributed by atoms with van der Waals surface area (Å²) in [4.78, 5) is 26.5. The lowest BCUT2D eigenvalue weighted by Crippen LogP contribution is -2.17. The molecule has 2 amide bonds. The number of amides is 2. The Kier molecular flexibility index (Phi) is 3.60. The molecule has 0 unspecified atom stereocenters. The van der Waals surface area contributed by atoms with Crippen LogP contribution in [-0.4, -0.2) is 16.8 Å². The van der Waals surface area contributed by atoms with Crippen molar-refractivity contribution in [3.05, 3.63) is 22.9 Å². The Labute approximate surface area is 94.1 Å². The van der Waals surface area contributed by atoms with Crippen molar-refractivity contribution in [2.24, 2.45) is 5.73 Å². The van der Waals surface area contributed by atoms with E-state index in [0.29, 0.717) is 23.5 Å². The van der Waals surface area contributed by atoms with Crippen LogP contribution < -0.4 is 11.1 Å². The Bertz CT molecular complexity index is 441. The molecule has 0 spiro atoms. The lowest BCUT2D eigenvalue weighted by atomic mass is 10.1. The summed E-state index contributed by atoms with van der Waals surface area (Å²) >= 11 is 0. The third kappa shape index (κ3) is 2.56. The Morgan fingerprint density at radius 2 is 2.06 bits per heavy atom. The topological polar surface area (TPSA) is 85.1 Å². The maximum absolute atomic E-state index is 11.2. The maximum Gasteiger partial charge on any atom is 0.249 e. The molecule has 1 aromatic heterocycles. The summed E-state index contributed by atoms with van der Waals surface area (Å²) in [5.41, 5.74) is 7.05. The fraction of sp³-hybridized carbons (Fsp3) is 0.364. The van der Waals surface area contributed by atoms with E-state index < -0.39 is 5.91 Å². The number of primary amides is 1. The fourth-order valence-corrected chi connectivity index (χ4v) is 1.29. The Morgan fingerprint density at radius 3 is 2.56 bits per heavy atom. The van der Waals surface area contributed by atoms with E-state index in [2.05, 4.69) is 10.3 Å². The largest absolute Gasteiger partial charge is 0.366 e. The molecular formula is C11H15N3O2. The smallest absolute Gasteiger partial charge is 0.249 e. The lowest BCUT2D eigenvalue weighted by Gasteiger charge is -2.09. The molecule has 5 nitrogen and oxygen atoms in total. The average Bonchev–Trinajstić information content (AvgIpc) is 2.22. The van der Waals surface area contributed by atoms with E-state index in [9.17, 15) is 9.59 Å². The van der Waals surface area contributed by atoms with Gasteiger partial charge in [-0.15, -0.1) is 0 Å². The molecule has 0 saturated carbocycles. The number of pyridine rings is 1. The van der Waals surface area contributed by atoms with Gasteiger partial charge in [-0.1, -0.05) is 6.92 Å². The number of carbonyl (C=O) groups excluding carboxylic acids is 2. The van der Waals surface area contributed by atoms with E-state index in [1.807, 2.05) is 0 Å². The third-order valence-electron chi connectivity index (χ3n) is 2.37. The van der Waals surface area contributed by atoms with Gasteiger partial charge in [0.2, 0.25) is 11.8 Å². The Morgan fingerprint density at radius 1 is 1.44 bits per heavy atom. The number of nitrogens with zero attached hydrogens (tertiary/aromatic N) is 1. The van der Waals surface area contributed by atoms with Crippen molar-refractivity contribution in [1.29, 1.82) is 0 Å². The van der Waals surface area contributed by atoms with Crippen molar-refractivity contribution in [3.8, 4) is 0 Å². The molecule has 0 saturated heterocycles. The molecule has 0 bridgehead atoms. The van der Waals surface area contributed by atoms with Gasteiger partial charge in [0.15, 0.2) is 0 Å². The van der Waals surface area contributed by atoms with Gasteiger partial charge in [-0.25, -0.2) is 4.98 Å². The second-order valence-electron chi connectivity index (χ2n) is 3.53. The van der Waals surface area contributed by atoms with Crippen molar-refractivity contribution in [2.45, 2.75) is 27.2 Å². The SMILES string of the molecule is CCC(=O)Nc1cc(C(N)=O)c(C)c(C)n1. The summed E-state index contributed by atoms with van der Waals surface area (Å²) < 4.78 is 0. The van der Waals surface area contributed by atoms with Crippen LogP contribution in [0.4, 0.5) is 5.82 Å². The summed E-state index contributed by atoms with van der Waals surface area (Å²) in [7, 11) is 0. The molecule has 0 fully saturated rings. The van der Waals surface area contributed by atoms with Crippen molar-refractivity contribution < 1.29 is 9.59 Å². The van der Waals surface area contributed by atoms with Crippen LogP contribution >= 0.6 is 0 Å². The van der Waals surface area contributed by atoms with Gasteiger partial charge in [0.05, 0.1) is 0 Å². The number of rotatable bonds is 3. The summed E-state index contributed by atoms with van der Waals surface area (Å²) in [5, 5.41) is 2.60. The highest BCUT2D eigenvalue weighted by Crippen LogP contribution is 2.15. The zero-order valence-corrected chi connectivity index (χ0v) is 9.63. The number of hydrogen-bond acceptors (Lipinski definition) is 3. The van der Waals surface area contributed by atoms with E-state index in [1.165, 1.54) is 6.07 Å². The number of anilines is 1. The van der Waals surface area contributed by atoms with Crippen LogP contribution in [0.1, 0.15) is 35.0 Å². The molecule has 0 aliphatic carbocycles. The minimum atomic E-state index is -0.519. The predicted molar refractivity (Wildman–Crippen MR) is 61.1 cm³/mol.